The smallest absolute Gasteiger partial charge is 0.326 e. The van der Waals surface area contributed by atoms with E-state index < -0.39 is 12.0 Å². The highest BCUT2D eigenvalue weighted by molar-refractivity contribution is 5.89. The first-order valence-corrected chi connectivity index (χ1v) is 6.46. The van der Waals surface area contributed by atoms with Crippen LogP contribution in [-0.4, -0.2) is 23.0 Å². The number of carbonyl (C=O) groups excluding carboxylic acids is 1. The van der Waals surface area contributed by atoms with E-state index in [0.717, 1.165) is 21.9 Å². The van der Waals surface area contributed by atoms with Crippen LogP contribution in [-0.2, 0) is 16.0 Å². The molecule has 0 saturated carbocycles. The predicted octanol–water partition coefficient (Wildman–Crippen LogP) is 2.28. The molecule has 2 rings (SSSR count). The van der Waals surface area contributed by atoms with Crippen molar-refractivity contribution in [2.75, 3.05) is 0 Å². The molecule has 1 atom stereocenters. The molecule has 0 bridgehead atoms. The third-order valence-corrected chi connectivity index (χ3v) is 3.33. The highest BCUT2D eigenvalue weighted by atomic mass is 16.4. The Morgan fingerprint density at radius 3 is 2.40 bits per heavy atom. The standard InChI is InChI=1S/C16H17NO3/c1-10-7-8-12(14-6-4-3-5-13(10)14)9-15(16(19)20)17-11(2)18/h3-8,15H,9H2,1-2H3,(H,17,18)(H,19,20)/t15-/m0/s1. The van der Waals surface area contributed by atoms with Crippen LogP contribution in [0.3, 0.4) is 0 Å². The van der Waals surface area contributed by atoms with Crippen molar-refractivity contribution < 1.29 is 14.7 Å². The third-order valence-electron chi connectivity index (χ3n) is 3.33. The minimum Gasteiger partial charge on any atom is -0.480 e. The zero-order valence-corrected chi connectivity index (χ0v) is 11.5. The van der Waals surface area contributed by atoms with E-state index >= 15 is 0 Å². The lowest BCUT2D eigenvalue weighted by Crippen LogP contribution is -2.41. The molecule has 0 saturated heterocycles. The fourth-order valence-electron chi connectivity index (χ4n) is 2.36. The van der Waals surface area contributed by atoms with Gasteiger partial charge in [0.05, 0.1) is 0 Å². The van der Waals surface area contributed by atoms with Crippen LogP contribution in [0.15, 0.2) is 36.4 Å². The number of amides is 1. The zero-order chi connectivity index (χ0) is 14.7. The molecule has 1 amide bonds. The maximum atomic E-state index is 11.2. The van der Waals surface area contributed by atoms with Crippen LogP contribution in [0, 0.1) is 6.92 Å². The lowest BCUT2D eigenvalue weighted by molar-refractivity contribution is -0.141. The molecule has 0 aliphatic rings. The van der Waals surface area contributed by atoms with Crippen LogP contribution in [0.4, 0.5) is 0 Å². The van der Waals surface area contributed by atoms with Gasteiger partial charge in [0.1, 0.15) is 6.04 Å². The number of aryl methyl sites for hydroxylation is 1. The summed E-state index contributed by atoms with van der Waals surface area (Å²) < 4.78 is 0. The van der Waals surface area contributed by atoms with E-state index in [2.05, 4.69) is 5.32 Å². The average molecular weight is 271 g/mol. The van der Waals surface area contributed by atoms with Crippen LogP contribution in [0.25, 0.3) is 10.8 Å². The molecule has 0 aliphatic heterocycles. The van der Waals surface area contributed by atoms with E-state index in [-0.39, 0.29) is 12.3 Å². The van der Waals surface area contributed by atoms with Gasteiger partial charge in [-0.25, -0.2) is 4.79 Å². The number of carboxylic acid groups (broad SMARTS) is 1. The van der Waals surface area contributed by atoms with Crippen molar-refractivity contribution in [1.82, 2.24) is 5.32 Å². The first-order chi connectivity index (χ1) is 9.49. The second kappa shape index (κ2) is 5.74. The molecule has 0 heterocycles. The Morgan fingerprint density at radius 1 is 1.15 bits per heavy atom. The minimum atomic E-state index is -1.02. The van der Waals surface area contributed by atoms with Gasteiger partial charge in [0.15, 0.2) is 0 Å². The molecule has 0 unspecified atom stereocenters. The van der Waals surface area contributed by atoms with Crippen molar-refractivity contribution in [1.29, 1.82) is 0 Å². The Morgan fingerprint density at radius 2 is 1.80 bits per heavy atom. The van der Waals surface area contributed by atoms with Gasteiger partial charge in [-0.3, -0.25) is 4.79 Å². The molecule has 2 aromatic carbocycles. The summed E-state index contributed by atoms with van der Waals surface area (Å²) in [5.41, 5.74) is 2.07. The lowest BCUT2D eigenvalue weighted by atomic mass is 9.96. The average Bonchev–Trinajstić information content (AvgIpc) is 2.40. The topological polar surface area (TPSA) is 66.4 Å². The van der Waals surface area contributed by atoms with E-state index in [1.54, 1.807) is 0 Å². The van der Waals surface area contributed by atoms with Crippen molar-refractivity contribution in [2.45, 2.75) is 26.3 Å². The third kappa shape index (κ3) is 2.96. The molecule has 0 spiro atoms. The van der Waals surface area contributed by atoms with Crippen molar-refractivity contribution in [3.05, 3.63) is 47.5 Å². The number of fused-ring (bicyclic) bond motifs is 1. The number of carboxylic acids is 1. The van der Waals surface area contributed by atoms with E-state index in [0.29, 0.717) is 0 Å². The molecule has 0 radical (unpaired) electrons. The molecule has 4 heteroatoms. The Hall–Kier alpha value is -2.36. The fourth-order valence-corrected chi connectivity index (χ4v) is 2.36. The highest BCUT2D eigenvalue weighted by Crippen LogP contribution is 2.23. The molecule has 2 aromatic rings. The summed E-state index contributed by atoms with van der Waals surface area (Å²) in [5, 5.41) is 13.8. The van der Waals surface area contributed by atoms with Crippen LogP contribution in [0.1, 0.15) is 18.1 Å². The lowest BCUT2D eigenvalue weighted by Gasteiger charge is -2.15. The number of hydrogen-bond acceptors (Lipinski definition) is 2. The van der Waals surface area contributed by atoms with Gasteiger partial charge in [-0.2, -0.15) is 0 Å². The fraction of sp³-hybridized carbons (Fsp3) is 0.250. The van der Waals surface area contributed by atoms with E-state index in [4.69, 9.17) is 0 Å². The van der Waals surface area contributed by atoms with Crippen LogP contribution in [0.2, 0.25) is 0 Å². The van der Waals surface area contributed by atoms with Gasteiger partial charge in [0.2, 0.25) is 5.91 Å². The summed E-state index contributed by atoms with van der Waals surface area (Å²) in [6, 6.07) is 10.9. The van der Waals surface area contributed by atoms with Gasteiger partial charge in [-0.1, -0.05) is 36.4 Å². The minimum absolute atomic E-state index is 0.274. The molecular formula is C16H17NO3. The number of hydrogen-bond donors (Lipinski definition) is 2. The second-order valence-corrected chi connectivity index (χ2v) is 4.88. The Balaban J connectivity index is 2.40. The van der Waals surface area contributed by atoms with Crippen molar-refractivity contribution in [2.24, 2.45) is 0 Å². The van der Waals surface area contributed by atoms with Gasteiger partial charge in [0, 0.05) is 13.3 Å². The monoisotopic (exact) mass is 271 g/mol. The first-order valence-electron chi connectivity index (χ1n) is 6.46. The summed E-state index contributed by atoms with van der Waals surface area (Å²) in [7, 11) is 0. The molecule has 0 aromatic heterocycles. The van der Waals surface area contributed by atoms with Crippen molar-refractivity contribution in [3.63, 3.8) is 0 Å². The van der Waals surface area contributed by atoms with Crippen LogP contribution in [0.5, 0.6) is 0 Å². The number of aliphatic carboxylic acids is 1. The summed E-state index contributed by atoms with van der Waals surface area (Å²) in [6.07, 6.45) is 0.274. The summed E-state index contributed by atoms with van der Waals surface area (Å²) in [5.74, 6) is -1.36. The number of carbonyl (C=O) groups is 2. The van der Waals surface area contributed by atoms with Crippen LogP contribution >= 0.6 is 0 Å². The van der Waals surface area contributed by atoms with Gasteiger partial charge in [-0.15, -0.1) is 0 Å². The molecule has 20 heavy (non-hydrogen) atoms. The second-order valence-electron chi connectivity index (χ2n) is 4.88. The number of benzene rings is 2. The Labute approximate surface area is 117 Å². The predicted molar refractivity (Wildman–Crippen MR) is 77.6 cm³/mol. The summed E-state index contributed by atoms with van der Waals surface area (Å²) in [4.78, 5) is 22.3. The van der Waals surface area contributed by atoms with Crippen LogP contribution < -0.4 is 5.32 Å². The Bertz CT molecular complexity index is 664. The van der Waals surface area contributed by atoms with Gasteiger partial charge >= 0.3 is 5.97 Å². The SMILES string of the molecule is CC(=O)N[C@@H](Cc1ccc(C)c2ccccc12)C(=O)O. The van der Waals surface area contributed by atoms with Gasteiger partial charge in [0.25, 0.3) is 0 Å². The number of nitrogens with one attached hydrogen (secondary N) is 1. The van der Waals surface area contributed by atoms with E-state index in [1.165, 1.54) is 6.92 Å². The normalized spacial score (nSPS) is 12.1. The van der Waals surface area contributed by atoms with Crippen molar-refractivity contribution >= 4 is 22.6 Å². The Kier molecular flexibility index (Phi) is 4.03. The molecule has 0 fully saturated rings. The quantitative estimate of drug-likeness (QED) is 0.896. The summed E-state index contributed by atoms with van der Waals surface area (Å²) in [6.45, 7) is 3.35. The van der Waals surface area contributed by atoms with E-state index in [1.807, 2.05) is 43.3 Å². The largest absolute Gasteiger partial charge is 0.480 e. The maximum absolute atomic E-state index is 11.2. The first kappa shape index (κ1) is 14.1. The molecule has 104 valence electrons. The van der Waals surface area contributed by atoms with E-state index in [9.17, 15) is 14.7 Å². The molecular weight excluding hydrogens is 254 g/mol. The van der Waals surface area contributed by atoms with Crippen molar-refractivity contribution in [3.8, 4) is 0 Å². The number of rotatable bonds is 4. The molecule has 4 nitrogen and oxygen atoms in total. The zero-order valence-electron chi connectivity index (χ0n) is 11.5. The summed E-state index contributed by atoms with van der Waals surface area (Å²) >= 11 is 0. The highest BCUT2D eigenvalue weighted by Gasteiger charge is 2.19. The van der Waals surface area contributed by atoms with Gasteiger partial charge in [-0.05, 0) is 28.8 Å². The molecule has 2 N–H and O–H groups in total. The molecule has 0 aliphatic carbocycles. The maximum Gasteiger partial charge on any atom is 0.326 e. The van der Waals surface area contributed by atoms with Gasteiger partial charge < -0.3 is 10.4 Å².